The zero-order valence-corrected chi connectivity index (χ0v) is 7.86. The van der Waals surface area contributed by atoms with Gasteiger partial charge in [-0.2, -0.15) is 0 Å². The summed E-state index contributed by atoms with van der Waals surface area (Å²) in [7, 11) is 1.78. The Morgan fingerprint density at radius 2 is 2.21 bits per heavy atom. The van der Waals surface area contributed by atoms with Crippen LogP contribution in [0.25, 0.3) is 0 Å². The highest BCUT2D eigenvalue weighted by Gasteiger charge is 2.05. The molecule has 1 aromatic rings. The molecule has 0 aliphatic carbocycles. The average molecular weight is 194 g/mol. The van der Waals surface area contributed by atoms with Gasteiger partial charge < -0.3 is 14.9 Å². The predicted octanol–water partition coefficient (Wildman–Crippen LogP) is -1.10. The van der Waals surface area contributed by atoms with Gasteiger partial charge in [-0.05, 0) is 17.1 Å². The summed E-state index contributed by atoms with van der Waals surface area (Å²) < 4.78 is 5.03. The second-order valence-electron chi connectivity index (χ2n) is 2.88. The van der Waals surface area contributed by atoms with Crippen molar-refractivity contribution < 1.29 is 19.7 Å². The molecule has 0 bridgehead atoms. The van der Waals surface area contributed by atoms with Crippen LogP contribution in [0.3, 0.4) is 0 Å². The van der Waals surface area contributed by atoms with Crippen LogP contribution in [0.1, 0.15) is 5.56 Å². The first kappa shape index (κ1) is 10.6. The molecule has 0 heterocycles. The largest absolute Gasteiger partial charge is 0.483 e. The summed E-state index contributed by atoms with van der Waals surface area (Å²) in [6.07, 6.45) is 0. The van der Waals surface area contributed by atoms with E-state index in [9.17, 15) is 4.79 Å². The van der Waals surface area contributed by atoms with Crippen LogP contribution in [0.5, 0.6) is 5.75 Å². The fraction of sp³-hybridized carbons (Fsp3) is 0.222. The van der Waals surface area contributed by atoms with E-state index >= 15 is 0 Å². The third kappa shape index (κ3) is 2.50. The first-order valence-corrected chi connectivity index (χ1v) is 4.19. The molecule has 0 amide bonds. The highest BCUT2D eigenvalue weighted by Crippen LogP contribution is 2.08. The topological polar surface area (TPSA) is 66.8 Å². The van der Waals surface area contributed by atoms with Crippen molar-refractivity contribution in [2.75, 3.05) is 6.61 Å². The van der Waals surface area contributed by atoms with Crippen LogP contribution >= 0.6 is 0 Å². The minimum absolute atomic E-state index is 0.0733. The quantitative estimate of drug-likeness (QED) is 0.597. The van der Waals surface area contributed by atoms with Crippen molar-refractivity contribution in [3.63, 3.8) is 0 Å². The van der Waals surface area contributed by atoms with Gasteiger partial charge in [0.1, 0.15) is 13.6 Å². The molecule has 74 valence electrons. The smallest absolute Gasteiger partial charge is 0.341 e. The number of carboxylic acids is 1. The number of carboxylic acid groups (broad SMARTS) is 1. The maximum Gasteiger partial charge on any atom is 0.341 e. The molecule has 2 N–H and O–H groups in total. The van der Waals surface area contributed by atoms with Crippen molar-refractivity contribution in [2.45, 2.75) is 6.61 Å². The Kier molecular flexibility index (Phi) is 3.53. The highest BCUT2D eigenvalue weighted by molar-refractivity contribution is 6.35. The SMILES string of the molecule is Bc1c(CO)cccc1OCC(=O)O. The first-order chi connectivity index (χ1) is 6.65. The number of rotatable bonds is 4. The van der Waals surface area contributed by atoms with Gasteiger partial charge in [-0.15, -0.1) is 0 Å². The van der Waals surface area contributed by atoms with Gasteiger partial charge >= 0.3 is 5.97 Å². The first-order valence-electron chi connectivity index (χ1n) is 4.19. The second kappa shape index (κ2) is 4.67. The molecule has 0 aliphatic heterocycles. The van der Waals surface area contributed by atoms with Crippen LogP contribution in [0.15, 0.2) is 18.2 Å². The number of ether oxygens (including phenoxy) is 1. The maximum atomic E-state index is 10.3. The lowest BCUT2D eigenvalue weighted by molar-refractivity contribution is -0.139. The third-order valence-corrected chi connectivity index (χ3v) is 1.92. The summed E-state index contributed by atoms with van der Waals surface area (Å²) in [5.74, 6) is -0.516. The molecular formula is C9H11BO4. The molecule has 4 nitrogen and oxygen atoms in total. The van der Waals surface area contributed by atoms with Crippen molar-refractivity contribution in [2.24, 2.45) is 0 Å². The molecule has 0 aliphatic rings. The second-order valence-corrected chi connectivity index (χ2v) is 2.88. The zero-order chi connectivity index (χ0) is 10.6. The standard InChI is InChI=1S/C9H11BO4/c10-9-6(4-11)2-1-3-7(9)14-5-8(12)13/h1-3,11H,4-5,10H2,(H,12,13). The van der Waals surface area contributed by atoms with Gasteiger partial charge in [-0.25, -0.2) is 4.79 Å². The number of carbonyl (C=O) groups is 1. The molecule has 0 unspecified atom stereocenters. The average Bonchev–Trinajstić information content (AvgIpc) is 2.16. The minimum Gasteiger partial charge on any atom is -0.483 e. The van der Waals surface area contributed by atoms with E-state index in [-0.39, 0.29) is 13.2 Å². The minimum atomic E-state index is -1.01. The highest BCUT2D eigenvalue weighted by atomic mass is 16.5. The molecule has 0 spiro atoms. The van der Waals surface area contributed by atoms with E-state index in [0.29, 0.717) is 5.75 Å². The number of hydrogen-bond donors (Lipinski definition) is 2. The molecule has 0 saturated heterocycles. The Labute approximate surface area is 82.5 Å². The van der Waals surface area contributed by atoms with Crippen molar-refractivity contribution in [1.29, 1.82) is 0 Å². The number of hydrogen-bond acceptors (Lipinski definition) is 3. The fourth-order valence-corrected chi connectivity index (χ4v) is 1.13. The van der Waals surface area contributed by atoms with Crippen molar-refractivity contribution in [3.8, 4) is 5.75 Å². The van der Waals surface area contributed by atoms with Gasteiger partial charge in [0.05, 0.1) is 6.61 Å². The zero-order valence-electron chi connectivity index (χ0n) is 7.86. The van der Waals surface area contributed by atoms with Crippen molar-refractivity contribution in [1.82, 2.24) is 0 Å². The van der Waals surface area contributed by atoms with E-state index in [0.717, 1.165) is 11.0 Å². The van der Waals surface area contributed by atoms with Gasteiger partial charge in [-0.3, -0.25) is 0 Å². The van der Waals surface area contributed by atoms with Gasteiger partial charge in [0.2, 0.25) is 0 Å². The fourth-order valence-electron chi connectivity index (χ4n) is 1.13. The van der Waals surface area contributed by atoms with Gasteiger partial charge in [0, 0.05) is 0 Å². The Bertz CT molecular complexity index is 338. The van der Waals surface area contributed by atoms with Crippen LogP contribution in [-0.4, -0.2) is 30.6 Å². The van der Waals surface area contributed by atoms with Crippen LogP contribution in [-0.2, 0) is 11.4 Å². The van der Waals surface area contributed by atoms with Gasteiger partial charge in [0.15, 0.2) is 6.61 Å². The lowest BCUT2D eigenvalue weighted by Crippen LogP contribution is -2.18. The summed E-state index contributed by atoms with van der Waals surface area (Å²) in [6.45, 7) is -0.439. The van der Waals surface area contributed by atoms with E-state index in [1.165, 1.54) is 0 Å². The summed E-state index contributed by atoms with van der Waals surface area (Å²) in [4.78, 5) is 10.3. The third-order valence-electron chi connectivity index (χ3n) is 1.92. The van der Waals surface area contributed by atoms with E-state index in [1.54, 1.807) is 26.0 Å². The molecule has 0 radical (unpaired) electrons. The molecule has 0 aromatic heterocycles. The summed E-state index contributed by atoms with van der Waals surface area (Å²) in [6, 6.07) is 5.16. The van der Waals surface area contributed by atoms with Crippen LogP contribution in [0.2, 0.25) is 0 Å². The molecule has 1 aromatic carbocycles. The molecule has 1 rings (SSSR count). The molecule has 0 atom stereocenters. The normalized spacial score (nSPS) is 9.79. The summed E-state index contributed by atoms with van der Waals surface area (Å²) in [5, 5.41) is 17.4. The number of aliphatic carboxylic acids is 1. The monoisotopic (exact) mass is 194 g/mol. The molecule has 0 saturated carbocycles. The lowest BCUT2D eigenvalue weighted by atomic mass is 9.90. The lowest BCUT2D eigenvalue weighted by Gasteiger charge is -2.09. The number of aliphatic hydroxyl groups is 1. The van der Waals surface area contributed by atoms with Gasteiger partial charge in [-0.1, -0.05) is 12.1 Å². The van der Waals surface area contributed by atoms with Crippen LogP contribution in [0, 0.1) is 0 Å². The van der Waals surface area contributed by atoms with E-state index < -0.39 is 5.97 Å². The summed E-state index contributed by atoms with van der Waals surface area (Å²) >= 11 is 0. The van der Waals surface area contributed by atoms with E-state index in [2.05, 4.69) is 0 Å². The number of aliphatic hydroxyl groups excluding tert-OH is 1. The van der Waals surface area contributed by atoms with E-state index in [1.807, 2.05) is 0 Å². The Hall–Kier alpha value is -1.49. The predicted molar refractivity (Wildman–Crippen MR) is 53.7 cm³/mol. The molecule has 0 fully saturated rings. The van der Waals surface area contributed by atoms with Crippen LogP contribution in [0.4, 0.5) is 0 Å². The summed E-state index contributed by atoms with van der Waals surface area (Å²) in [5.41, 5.74) is 1.52. The molecule has 14 heavy (non-hydrogen) atoms. The Morgan fingerprint density at radius 3 is 2.79 bits per heavy atom. The molecular weight excluding hydrogens is 183 g/mol. The maximum absolute atomic E-state index is 10.3. The van der Waals surface area contributed by atoms with E-state index in [4.69, 9.17) is 14.9 Å². The Morgan fingerprint density at radius 1 is 1.50 bits per heavy atom. The van der Waals surface area contributed by atoms with Gasteiger partial charge in [0.25, 0.3) is 0 Å². The Balaban J connectivity index is 2.81. The van der Waals surface area contributed by atoms with Crippen LogP contribution < -0.4 is 10.2 Å². The van der Waals surface area contributed by atoms with Crippen molar-refractivity contribution in [3.05, 3.63) is 23.8 Å². The number of benzene rings is 1. The molecule has 5 heteroatoms. The van der Waals surface area contributed by atoms with Crippen molar-refractivity contribution >= 4 is 19.3 Å².